The minimum absolute atomic E-state index is 0.115. The van der Waals surface area contributed by atoms with E-state index in [9.17, 15) is 21.6 Å². The lowest BCUT2D eigenvalue weighted by Gasteiger charge is -2.27. The van der Waals surface area contributed by atoms with Crippen molar-refractivity contribution in [2.45, 2.75) is 32.0 Å². The van der Waals surface area contributed by atoms with Crippen molar-refractivity contribution in [1.29, 1.82) is 0 Å². The molecule has 1 fully saturated rings. The van der Waals surface area contributed by atoms with Gasteiger partial charge in [0.1, 0.15) is 6.54 Å². The van der Waals surface area contributed by atoms with Gasteiger partial charge in [-0.25, -0.2) is 4.72 Å². The Morgan fingerprint density at radius 3 is 2.44 bits per heavy atom. The largest absolute Gasteiger partial charge is 0.402 e. The van der Waals surface area contributed by atoms with Crippen LogP contribution in [0.15, 0.2) is 0 Å². The Morgan fingerprint density at radius 2 is 1.94 bits per heavy atom. The summed E-state index contributed by atoms with van der Waals surface area (Å²) in [5.74, 6) is 0.115. The van der Waals surface area contributed by atoms with Crippen molar-refractivity contribution in [3.05, 3.63) is 0 Å². The molecule has 0 radical (unpaired) electrons. The van der Waals surface area contributed by atoms with E-state index in [1.165, 1.54) is 4.72 Å². The third-order valence-electron chi connectivity index (χ3n) is 2.79. The van der Waals surface area contributed by atoms with Crippen molar-refractivity contribution >= 4 is 10.2 Å². The third kappa shape index (κ3) is 6.53. The predicted octanol–water partition coefficient (Wildman–Crippen LogP) is 0.361. The van der Waals surface area contributed by atoms with Gasteiger partial charge in [-0.3, -0.25) is 0 Å². The van der Waals surface area contributed by atoms with Gasteiger partial charge >= 0.3 is 6.18 Å². The molecular weight excluding hydrogens is 271 g/mol. The van der Waals surface area contributed by atoms with E-state index >= 15 is 0 Å². The highest BCUT2D eigenvalue weighted by atomic mass is 32.2. The highest BCUT2D eigenvalue weighted by molar-refractivity contribution is 7.87. The maximum atomic E-state index is 11.9. The fourth-order valence-electron chi connectivity index (χ4n) is 1.69. The standard InChI is InChI=1S/C9H18F3N3O2S/c1-7-2-3-8(4-13-7)5-14-18(16,17)15-6-9(10,11)12/h7-8,13-15H,2-6H2,1H3. The first-order valence-electron chi connectivity index (χ1n) is 5.72. The van der Waals surface area contributed by atoms with Gasteiger partial charge in [-0.2, -0.15) is 26.3 Å². The van der Waals surface area contributed by atoms with Crippen LogP contribution in [-0.2, 0) is 10.2 Å². The molecule has 0 aromatic carbocycles. The Bertz CT molecular complexity index is 351. The Hall–Kier alpha value is -0.380. The fraction of sp³-hybridized carbons (Fsp3) is 1.00. The van der Waals surface area contributed by atoms with Crippen LogP contribution in [0.4, 0.5) is 13.2 Å². The molecule has 1 aliphatic heterocycles. The first-order valence-corrected chi connectivity index (χ1v) is 7.20. The molecule has 1 rings (SSSR count). The van der Waals surface area contributed by atoms with Gasteiger partial charge in [0.25, 0.3) is 10.2 Å². The van der Waals surface area contributed by atoms with E-state index in [1.807, 2.05) is 6.92 Å². The second-order valence-electron chi connectivity index (χ2n) is 4.54. The predicted molar refractivity (Wildman–Crippen MR) is 61.2 cm³/mol. The first-order chi connectivity index (χ1) is 8.18. The van der Waals surface area contributed by atoms with E-state index in [4.69, 9.17) is 0 Å². The summed E-state index contributed by atoms with van der Waals surface area (Å²) in [5, 5.41) is 3.19. The van der Waals surface area contributed by atoms with Crippen LogP contribution in [0.1, 0.15) is 19.8 Å². The maximum Gasteiger partial charge on any atom is 0.402 e. The van der Waals surface area contributed by atoms with Gasteiger partial charge in [0.2, 0.25) is 0 Å². The first kappa shape index (κ1) is 15.7. The highest BCUT2D eigenvalue weighted by Gasteiger charge is 2.29. The van der Waals surface area contributed by atoms with E-state index < -0.39 is 22.9 Å². The molecule has 1 heterocycles. The van der Waals surface area contributed by atoms with Crippen molar-refractivity contribution in [2.24, 2.45) is 5.92 Å². The summed E-state index contributed by atoms with van der Waals surface area (Å²) >= 11 is 0. The van der Waals surface area contributed by atoms with E-state index in [0.29, 0.717) is 12.6 Å². The molecule has 0 spiro atoms. The fourth-order valence-corrected chi connectivity index (χ4v) is 2.60. The lowest BCUT2D eigenvalue weighted by Crippen LogP contribution is -2.46. The SMILES string of the molecule is CC1CCC(CNS(=O)(=O)NCC(F)(F)F)CN1. The minimum Gasteiger partial charge on any atom is -0.314 e. The second kappa shape index (κ2) is 6.18. The van der Waals surface area contributed by atoms with Gasteiger partial charge in [-0.1, -0.05) is 0 Å². The summed E-state index contributed by atoms with van der Waals surface area (Å²) in [6.45, 7) is 1.30. The van der Waals surface area contributed by atoms with Gasteiger partial charge < -0.3 is 5.32 Å². The Labute approximate surface area is 105 Å². The normalized spacial score (nSPS) is 26.2. The van der Waals surface area contributed by atoms with Gasteiger partial charge in [-0.05, 0) is 32.2 Å². The van der Waals surface area contributed by atoms with Crippen LogP contribution in [0, 0.1) is 5.92 Å². The van der Waals surface area contributed by atoms with Crippen molar-refractivity contribution in [2.75, 3.05) is 19.6 Å². The zero-order valence-corrected chi connectivity index (χ0v) is 10.9. The molecule has 0 aliphatic carbocycles. The van der Waals surface area contributed by atoms with Crippen LogP contribution in [0.25, 0.3) is 0 Å². The summed E-state index contributed by atoms with van der Waals surface area (Å²) in [6.07, 6.45) is -2.76. The average molecular weight is 289 g/mol. The molecule has 1 saturated heterocycles. The van der Waals surface area contributed by atoms with Gasteiger partial charge in [0.15, 0.2) is 0 Å². The third-order valence-corrected chi connectivity index (χ3v) is 3.86. The molecule has 5 nitrogen and oxygen atoms in total. The Morgan fingerprint density at radius 1 is 1.28 bits per heavy atom. The molecule has 3 N–H and O–H groups in total. The number of nitrogens with one attached hydrogen (secondary N) is 3. The second-order valence-corrected chi connectivity index (χ2v) is 6.13. The highest BCUT2D eigenvalue weighted by Crippen LogP contribution is 2.14. The molecule has 108 valence electrons. The van der Waals surface area contributed by atoms with Crippen molar-refractivity contribution in [3.8, 4) is 0 Å². The van der Waals surface area contributed by atoms with Crippen LogP contribution in [0.2, 0.25) is 0 Å². The topological polar surface area (TPSA) is 70.2 Å². The van der Waals surface area contributed by atoms with E-state index in [-0.39, 0.29) is 12.5 Å². The Balaban J connectivity index is 2.29. The summed E-state index contributed by atoms with van der Waals surface area (Å²) < 4.78 is 61.7. The molecular formula is C9H18F3N3O2S. The molecule has 9 heteroatoms. The molecule has 0 saturated carbocycles. The molecule has 0 bridgehead atoms. The molecule has 1 aliphatic rings. The number of rotatable bonds is 5. The molecule has 0 aromatic rings. The molecule has 18 heavy (non-hydrogen) atoms. The minimum atomic E-state index is -4.55. The summed E-state index contributed by atoms with van der Waals surface area (Å²) in [4.78, 5) is 0. The average Bonchev–Trinajstić information content (AvgIpc) is 2.25. The molecule has 2 unspecified atom stereocenters. The zero-order valence-electron chi connectivity index (χ0n) is 10.0. The van der Waals surface area contributed by atoms with Gasteiger partial charge in [0, 0.05) is 12.6 Å². The number of hydrogen-bond acceptors (Lipinski definition) is 3. The van der Waals surface area contributed by atoms with E-state index in [1.54, 1.807) is 0 Å². The summed E-state index contributed by atoms with van der Waals surface area (Å²) in [6, 6.07) is 0.404. The van der Waals surface area contributed by atoms with Crippen LogP contribution in [0.5, 0.6) is 0 Å². The maximum absolute atomic E-state index is 11.9. The zero-order chi connectivity index (χ0) is 13.8. The monoisotopic (exact) mass is 289 g/mol. The Kier molecular flexibility index (Phi) is 5.38. The van der Waals surface area contributed by atoms with E-state index in [0.717, 1.165) is 12.8 Å². The lowest BCUT2D eigenvalue weighted by molar-refractivity contribution is -0.121. The number of halogens is 3. The van der Waals surface area contributed by atoms with Gasteiger partial charge in [-0.15, -0.1) is 0 Å². The summed E-state index contributed by atoms with van der Waals surface area (Å²) in [7, 11) is -4.08. The molecule has 2 atom stereocenters. The van der Waals surface area contributed by atoms with Crippen LogP contribution < -0.4 is 14.8 Å². The lowest BCUT2D eigenvalue weighted by atomic mass is 9.96. The van der Waals surface area contributed by atoms with Gasteiger partial charge in [0.05, 0.1) is 0 Å². The van der Waals surface area contributed by atoms with Crippen LogP contribution in [-0.4, -0.2) is 40.3 Å². The molecule has 0 amide bonds. The van der Waals surface area contributed by atoms with E-state index in [2.05, 4.69) is 10.0 Å². The number of piperidine rings is 1. The molecule has 0 aromatic heterocycles. The summed E-state index contributed by atoms with van der Waals surface area (Å²) in [5.41, 5.74) is 0. The quantitative estimate of drug-likeness (QED) is 0.684. The number of hydrogen-bond donors (Lipinski definition) is 3. The smallest absolute Gasteiger partial charge is 0.314 e. The number of alkyl halides is 3. The van der Waals surface area contributed by atoms with Crippen LogP contribution in [0.3, 0.4) is 0 Å². The van der Waals surface area contributed by atoms with Crippen molar-refractivity contribution in [1.82, 2.24) is 14.8 Å². The van der Waals surface area contributed by atoms with Crippen LogP contribution >= 0.6 is 0 Å². The van der Waals surface area contributed by atoms with Crippen molar-refractivity contribution in [3.63, 3.8) is 0 Å². The van der Waals surface area contributed by atoms with Crippen molar-refractivity contribution < 1.29 is 21.6 Å².